The van der Waals surface area contributed by atoms with Crippen LogP contribution < -0.4 is 26.4 Å². The molecule has 48 heavy (non-hydrogen) atoms. The van der Waals surface area contributed by atoms with Gasteiger partial charge in [-0.05, 0) is 47.5 Å². The average Bonchev–Trinajstić information content (AvgIpc) is 3.08. The van der Waals surface area contributed by atoms with Crippen LogP contribution in [0, 0.1) is 15.7 Å². The molecule has 1 unspecified atom stereocenters. The van der Waals surface area contributed by atoms with Crippen molar-refractivity contribution in [2.75, 3.05) is 26.2 Å². The molecule has 0 aliphatic heterocycles. The topological polar surface area (TPSA) is 359 Å². The number of nitrogens with two attached hydrogens (primary N) is 1. The molecule has 0 aromatic heterocycles. The maximum absolute atomic E-state index is 12.7. The average molecular weight is 674 g/mol. The van der Waals surface area contributed by atoms with Crippen molar-refractivity contribution in [1.82, 2.24) is 16.0 Å². The first kappa shape index (κ1) is 39.3. The first-order chi connectivity index (χ1) is 23.1. The van der Waals surface area contributed by atoms with E-state index in [0.29, 0.717) is 18.0 Å². The first-order valence-electron chi connectivity index (χ1n) is 13.5. The number of alkyl carbamates (subject to hydrolysis) is 2. The molecular formula is C25H31N13O10. The van der Waals surface area contributed by atoms with Crippen molar-refractivity contribution >= 4 is 42.6 Å². The summed E-state index contributed by atoms with van der Waals surface area (Å²) in [6.45, 7) is -1.14. The van der Waals surface area contributed by atoms with Crippen molar-refractivity contribution < 1.29 is 42.9 Å². The Kier molecular flexibility index (Phi) is 18.6. The third-order valence-corrected chi connectivity index (χ3v) is 5.53. The van der Waals surface area contributed by atoms with Gasteiger partial charge in [0.1, 0.15) is 30.5 Å². The van der Waals surface area contributed by atoms with Gasteiger partial charge in [0.15, 0.2) is 6.10 Å². The van der Waals surface area contributed by atoms with Gasteiger partial charge < -0.3 is 51.5 Å². The van der Waals surface area contributed by atoms with Crippen LogP contribution in [0.15, 0.2) is 51.9 Å². The quantitative estimate of drug-likeness (QED) is 0.0220. The number of hydrogen-bond donors (Lipinski definition) is 6. The normalized spacial score (nSPS) is 12.6. The molecule has 23 heteroatoms. The molecule has 1 rings (SSSR count). The van der Waals surface area contributed by atoms with E-state index in [1.54, 1.807) is 0 Å². The zero-order valence-corrected chi connectivity index (χ0v) is 25.0. The Bertz CT molecular complexity index is 1400. The van der Waals surface area contributed by atoms with E-state index in [0.717, 1.165) is 6.20 Å². The van der Waals surface area contributed by atoms with Crippen molar-refractivity contribution in [3.05, 3.63) is 67.9 Å². The van der Waals surface area contributed by atoms with Crippen LogP contribution in [0.3, 0.4) is 0 Å². The molecule has 0 saturated carbocycles. The minimum atomic E-state index is -1.48. The minimum Gasteiger partial charge on any atom is -0.460 e. The monoisotopic (exact) mass is 673 g/mol. The van der Waals surface area contributed by atoms with E-state index in [1.165, 1.54) is 30.3 Å². The molecule has 1 aromatic rings. The van der Waals surface area contributed by atoms with Gasteiger partial charge in [0.2, 0.25) is 0 Å². The molecule has 0 radical (unpaired) electrons. The molecule has 0 fully saturated rings. The van der Waals surface area contributed by atoms with Gasteiger partial charge in [-0.1, -0.05) is 22.4 Å². The molecular weight excluding hydrogens is 642 g/mol. The number of nitrogens with zero attached hydrogens (tertiary/aromatic N) is 7. The second-order valence-electron chi connectivity index (χ2n) is 8.89. The van der Waals surface area contributed by atoms with Crippen LogP contribution >= 0.6 is 0 Å². The van der Waals surface area contributed by atoms with E-state index in [9.17, 15) is 28.9 Å². The number of ether oxygens (including phenoxy) is 4. The van der Waals surface area contributed by atoms with Crippen LogP contribution in [0.25, 0.3) is 20.9 Å². The molecule has 0 heterocycles. The zero-order valence-electron chi connectivity index (χ0n) is 25.0. The summed E-state index contributed by atoms with van der Waals surface area (Å²) in [5.41, 5.74) is 22.7. The Balaban J connectivity index is 2.83. The number of carbonyl (C=O) groups is 5. The lowest BCUT2D eigenvalue weighted by Gasteiger charge is -2.20. The predicted octanol–water partition coefficient (Wildman–Crippen LogP) is 1.86. The molecule has 2 atom stereocenters. The number of hydrogen-bond acceptors (Lipinski definition) is 15. The number of amides is 4. The van der Waals surface area contributed by atoms with Gasteiger partial charge in [-0.25, -0.2) is 19.2 Å². The van der Waals surface area contributed by atoms with Crippen molar-refractivity contribution in [2.45, 2.75) is 37.1 Å². The highest BCUT2D eigenvalue weighted by Gasteiger charge is 2.26. The highest BCUT2D eigenvalue weighted by atomic mass is 16.6. The molecule has 4 amide bonds. The summed E-state index contributed by atoms with van der Waals surface area (Å²) in [5, 5.41) is 29.6. The van der Waals surface area contributed by atoms with Crippen LogP contribution in [0.5, 0.6) is 5.75 Å². The Labute approximate surface area is 270 Å². The molecule has 0 saturated heterocycles. The lowest BCUT2D eigenvalue weighted by Crippen LogP contribution is -2.45. The van der Waals surface area contributed by atoms with E-state index < -0.39 is 54.4 Å². The van der Waals surface area contributed by atoms with Crippen molar-refractivity contribution in [3.63, 3.8) is 0 Å². The fraction of sp³-hybridized carbons (Fsp3) is 0.400. The van der Waals surface area contributed by atoms with Crippen molar-refractivity contribution in [1.29, 1.82) is 10.8 Å². The SMILES string of the molecule is [N-]=[N+]=NCC(CN=[N+]=[N-])OC(=O)N[C@@H](Cc1ccc(OC(=O)NCCC(NC(=O)OC(C=N)C=N)C(=O)N=O)cc1)C(=O)OCC=CN. The number of esters is 1. The Morgan fingerprint density at radius 3 is 2.08 bits per heavy atom. The van der Waals surface area contributed by atoms with E-state index in [2.05, 4.69) is 45.9 Å². The van der Waals surface area contributed by atoms with Crippen molar-refractivity contribution in [2.24, 2.45) is 21.1 Å². The zero-order chi connectivity index (χ0) is 35.7. The summed E-state index contributed by atoms with van der Waals surface area (Å²) in [6.07, 6.45) is -2.31. The predicted molar refractivity (Wildman–Crippen MR) is 164 cm³/mol. The maximum Gasteiger partial charge on any atom is 0.412 e. The largest absolute Gasteiger partial charge is 0.460 e. The smallest absolute Gasteiger partial charge is 0.412 e. The summed E-state index contributed by atoms with van der Waals surface area (Å²) in [6, 6.07) is 2.90. The van der Waals surface area contributed by atoms with Gasteiger partial charge >= 0.3 is 30.2 Å². The van der Waals surface area contributed by atoms with Crippen molar-refractivity contribution in [3.8, 4) is 5.75 Å². The van der Waals surface area contributed by atoms with Crippen LogP contribution in [-0.2, 0) is 30.2 Å². The van der Waals surface area contributed by atoms with Gasteiger partial charge in [0.05, 0.1) is 13.1 Å². The second kappa shape index (κ2) is 22.7. The number of carbonyl (C=O) groups excluding carboxylic acids is 5. The lowest BCUT2D eigenvalue weighted by molar-refractivity contribution is -0.144. The highest BCUT2D eigenvalue weighted by Crippen LogP contribution is 2.15. The molecule has 23 nitrogen and oxygen atoms in total. The molecule has 0 aliphatic carbocycles. The maximum atomic E-state index is 12.7. The Hall–Kier alpha value is -6.73. The number of nitrogens with one attached hydrogen (secondary N) is 5. The molecule has 0 spiro atoms. The number of benzene rings is 1. The number of rotatable bonds is 20. The van der Waals surface area contributed by atoms with Crippen LogP contribution in [0.1, 0.15) is 12.0 Å². The fourth-order valence-corrected chi connectivity index (χ4v) is 3.32. The van der Waals surface area contributed by atoms with Gasteiger partial charge in [0, 0.05) is 40.4 Å². The Morgan fingerprint density at radius 1 is 0.917 bits per heavy atom. The van der Waals surface area contributed by atoms with Crippen LogP contribution in [0.4, 0.5) is 14.4 Å². The Morgan fingerprint density at radius 2 is 1.52 bits per heavy atom. The van der Waals surface area contributed by atoms with Gasteiger partial charge in [-0.2, -0.15) is 0 Å². The summed E-state index contributed by atoms with van der Waals surface area (Å²) >= 11 is 0. The third-order valence-electron chi connectivity index (χ3n) is 5.53. The summed E-state index contributed by atoms with van der Waals surface area (Å²) in [7, 11) is 0. The highest BCUT2D eigenvalue weighted by molar-refractivity contribution is 5.89. The number of nitroso groups, excluding NO2 is 1. The third kappa shape index (κ3) is 15.8. The fourth-order valence-electron chi connectivity index (χ4n) is 3.32. The minimum absolute atomic E-state index is 0.0444. The van der Waals surface area contributed by atoms with Crippen LogP contribution in [-0.4, -0.2) is 93.1 Å². The summed E-state index contributed by atoms with van der Waals surface area (Å²) < 4.78 is 20.0. The van der Waals surface area contributed by atoms with E-state index >= 15 is 0 Å². The first-order valence-corrected chi connectivity index (χ1v) is 13.5. The number of azide groups is 2. The molecule has 1 aromatic carbocycles. The van der Waals surface area contributed by atoms with Gasteiger partial charge in [-0.15, -0.1) is 4.91 Å². The van der Waals surface area contributed by atoms with E-state index in [-0.39, 0.29) is 44.8 Å². The van der Waals surface area contributed by atoms with E-state index in [1.807, 2.05) is 0 Å². The summed E-state index contributed by atoms with van der Waals surface area (Å²) in [5.74, 6) is -2.08. The van der Waals surface area contributed by atoms with Gasteiger partial charge in [0.25, 0.3) is 0 Å². The van der Waals surface area contributed by atoms with Crippen LogP contribution in [0.2, 0.25) is 0 Å². The van der Waals surface area contributed by atoms with E-state index in [4.69, 9.17) is 41.8 Å². The molecule has 0 bridgehead atoms. The molecule has 0 aliphatic rings. The summed E-state index contributed by atoms with van der Waals surface area (Å²) in [4.78, 5) is 76.8. The lowest BCUT2D eigenvalue weighted by atomic mass is 10.1. The molecule has 7 N–H and O–H groups in total. The van der Waals surface area contributed by atoms with Gasteiger partial charge in [-0.3, -0.25) is 4.79 Å². The standard InChI is InChI=1S/C25H31N13O10/c26-7-1-9-45-22(40)20(35-25(43)48-18(13-32-37-29)14-33-38-30)10-15-2-4-16(5-3-15)46-23(41)31-8-6-19(21(39)36-44)34-24(42)47-17(11-27)12-28/h1-5,7,11-12,17-20,27-28H,6,8-10,13-14,26H2,(H,31,41)(H,34,42)(H,35,43)/t17?,19?,20-/m0/s1. The second-order valence-corrected chi connectivity index (χ2v) is 8.89. The molecule has 256 valence electrons.